The lowest BCUT2D eigenvalue weighted by molar-refractivity contribution is -0.00647. The van der Waals surface area contributed by atoms with E-state index in [0.717, 1.165) is 5.69 Å². The van der Waals surface area contributed by atoms with Crippen molar-refractivity contribution in [2.24, 2.45) is 0 Å². The topological polar surface area (TPSA) is 68.8 Å². The van der Waals surface area contributed by atoms with E-state index in [1.807, 2.05) is 6.92 Å². The number of imidazole rings is 1. The second-order valence-corrected chi connectivity index (χ2v) is 5.34. The van der Waals surface area contributed by atoms with Gasteiger partial charge in [-0.05, 0) is 13.0 Å². The van der Waals surface area contributed by atoms with Crippen LogP contribution < -0.4 is 5.69 Å². The largest absolute Gasteiger partial charge is 0.393 e. The summed E-state index contributed by atoms with van der Waals surface area (Å²) in [5.74, 6) is 0.657. The molecule has 2 aromatic rings. The maximum absolute atomic E-state index is 12.3. The molecular weight excluding hydrogens is 254 g/mol. The van der Waals surface area contributed by atoms with Gasteiger partial charge in [-0.3, -0.25) is 8.97 Å². The second-order valence-electron chi connectivity index (χ2n) is 4.15. The Morgan fingerprint density at radius 3 is 3.22 bits per heavy atom. The maximum atomic E-state index is 12.3. The van der Waals surface area contributed by atoms with Gasteiger partial charge in [0.15, 0.2) is 0 Å². The summed E-state index contributed by atoms with van der Waals surface area (Å²) < 4.78 is 8.62. The fourth-order valence-corrected chi connectivity index (χ4v) is 2.96. The summed E-state index contributed by atoms with van der Waals surface area (Å²) in [6, 6.07) is 1.79. The lowest BCUT2D eigenvalue weighted by atomic mass is 10.5. The average molecular weight is 267 g/mol. The third-order valence-electron chi connectivity index (χ3n) is 2.86. The molecule has 2 unspecified atom stereocenters. The number of thioether (sulfide) groups is 1. The molecule has 0 saturated carbocycles. The molecule has 0 amide bonds. The Kier molecular flexibility index (Phi) is 2.89. The molecule has 2 atom stereocenters. The molecule has 0 spiro atoms. The first-order valence-electron chi connectivity index (χ1n) is 5.64. The van der Waals surface area contributed by atoms with Gasteiger partial charge in [0.2, 0.25) is 0 Å². The summed E-state index contributed by atoms with van der Waals surface area (Å²) in [4.78, 5) is 16.5. The van der Waals surface area contributed by atoms with Gasteiger partial charge in [0.1, 0.15) is 17.3 Å². The maximum Gasteiger partial charge on any atom is 0.336 e. The van der Waals surface area contributed by atoms with Crippen LogP contribution in [0.5, 0.6) is 0 Å². The number of aryl methyl sites for hydroxylation is 1. The van der Waals surface area contributed by atoms with Crippen LogP contribution in [-0.2, 0) is 4.74 Å². The van der Waals surface area contributed by atoms with E-state index in [1.165, 1.54) is 20.7 Å². The number of hydrogen-bond acceptors (Lipinski definition) is 5. The fourth-order valence-electron chi connectivity index (χ4n) is 2.03. The lowest BCUT2D eigenvalue weighted by Crippen LogP contribution is -2.30. The number of ether oxygens (including phenoxy) is 1. The molecule has 1 N–H and O–H groups in total. The molecule has 6 nitrogen and oxygen atoms in total. The Labute approximate surface area is 107 Å². The zero-order valence-electron chi connectivity index (χ0n) is 9.81. The van der Waals surface area contributed by atoms with Crippen LogP contribution in [0.2, 0.25) is 0 Å². The Morgan fingerprint density at radius 2 is 2.50 bits per heavy atom. The Bertz CT molecular complexity index is 636. The monoisotopic (exact) mass is 267 g/mol. The van der Waals surface area contributed by atoms with Gasteiger partial charge in [-0.25, -0.2) is 9.78 Å². The van der Waals surface area contributed by atoms with Gasteiger partial charge in [-0.2, -0.15) is 0 Å². The van der Waals surface area contributed by atoms with Crippen LogP contribution >= 0.6 is 11.8 Å². The highest BCUT2D eigenvalue weighted by Crippen LogP contribution is 2.30. The molecule has 3 heterocycles. The van der Waals surface area contributed by atoms with E-state index in [0.29, 0.717) is 11.4 Å². The van der Waals surface area contributed by atoms with Crippen molar-refractivity contribution in [1.29, 1.82) is 0 Å². The van der Waals surface area contributed by atoms with Crippen molar-refractivity contribution < 1.29 is 9.84 Å². The van der Waals surface area contributed by atoms with E-state index in [2.05, 4.69) is 4.98 Å². The van der Waals surface area contributed by atoms with Crippen LogP contribution in [0, 0.1) is 6.92 Å². The second kappa shape index (κ2) is 4.42. The number of aliphatic hydroxyl groups excluding tert-OH is 1. The van der Waals surface area contributed by atoms with Gasteiger partial charge in [0.05, 0.1) is 12.3 Å². The SMILES string of the molecule is Cc1cn2c(=O)n(C3CSC(CO)O3)ccc2n1. The molecule has 0 aromatic carbocycles. The van der Waals surface area contributed by atoms with Crippen LogP contribution in [-0.4, -0.2) is 36.9 Å². The minimum atomic E-state index is -0.327. The molecule has 3 rings (SSSR count). The molecule has 0 aliphatic carbocycles. The number of nitrogens with zero attached hydrogens (tertiary/aromatic N) is 3. The minimum absolute atomic E-state index is 0.0393. The Morgan fingerprint density at radius 1 is 1.67 bits per heavy atom. The molecule has 1 saturated heterocycles. The van der Waals surface area contributed by atoms with Gasteiger partial charge in [-0.1, -0.05) is 0 Å². The van der Waals surface area contributed by atoms with Crippen molar-refractivity contribution in [3.8, 4) is 0 Å². The highest BCUT2D eigenvalue weighted by molar-refractivity contribution is 8.00. The van der Waals surface area contributed by atoms with Crippen molar-refractivity contribution in [3.63, 3.8) is 0 Å². The number of aliphatic hydroxyl groups is 1. The van der Waals surface area contributed by atoms with E-state index in [9.17, 15) is 4.79 Å². The van der Waals surface area contributed by atoms with Crippen molar-refractivity contribution in [2.45, 2.75) is 18.6 Å². The molecular formula is C11H13N3O3S. The van der Waals surface area contributed by atoms with E-state index in [4.69, 9.17) is 9.84 Å². The number of rotatable bonds is 2. The summed E-state index contributed by atoms with van der Waals surface area (Å²) in [7, 11) is 0. The predicted molar refractivity (Wildman–Crippen MR) is 67.6 cm³/mol. The van der Waals surface area contributed by atoms with E-state index in [-0.39, 0.29) is 24.0 Å². The highest BCUT2D eigenvalue weighted by Gasteiger charge is 2.27. The average Bonchev–Trinajstić information content (AvgIpc) is 2.95. The molecule has 18 heavy (non-hydrogen) atoms. The smallest absolute Gasteiger partial charge is 0.336 e. The van der Waals surface area contributed by atoms with Crippen LogP contribution in [0.25, 0.3) is 5.65 Å². The van der Waals surface area contributed by atoms with E-state index >= 15 is 0 Å². The van der Waals surface area contributed by atoms with Gasteiger partial charge in [-0.15, -0.1) is 11.8 Å². The standard InChI is InChI=1S/C11H13N3O3S/c1-7-4-14-8(12-7)2-3-13(11(14)16)9-6-18-10(5-15)17-9/h2-4,9-10,15H,5-6H2,1H3. The highest BCUT2D eigenvalue weighted by atomic mass is 32.2. The summed E-state index contributed by atoms with van der Waals surface area (Å²) in [5, 5.41) is 9.03. The van der Waals surface area contributed by atoms with Crippen LogP contribution in [0.3, 0.4) is 0 Å². The summed E-state index contributed by atoms with van der Waals surface area (Å²) in [5.41, 5.74) is 1.03. The molecule has 96 valence electrons. The summed E-state index contributed by atoms with van der Waals surface area (Å²) >= 11 is 1.51. The molecule has 1 fully saturated rings. The van der Waals surface area contributed by atoms with E-state index < -0.39 is 0 Å². The first-order chi connectivity index (χ1) is 8.69. The predicted octanol–water partition coefficient (Wildman–Crippen LogP) is 0.385. The van der Waals surface area contributed by atoms with E-state index in [1.54, 1.807) is 18.5 Å². The van der Waals surface area contributed by atoms with Crippen molar-refractivity contribution in [3.05, 3.63) is 34.6 Å². The number of hydrogen-bond donors (Lipinski definition) is 1. The molecule has 1 aliphatic heterocycles. The zero-order chi connectivity index (χ0) is 12.7. The molecule has 0 radical (unpaired) electrons. The third kappa shape index (κ3) is 1.84. The van der Waals surface area contributed by atoms with Crippen molar-refractivity contribution in [1.82, 2.24) is 14.0 Å². The molecule has 7 heteroatoms. The van der Waals surface area contributed by atoms with Gasteiger partial charge in [0.25, 0.3) is 0 Å². The number of aromatic nitrogens is 3. The number of fused-ring (bicyclic) bond motifs is 1. The Balaban J connectivity index is 2.03. The first-order valence-corrected chi connectivity index (χ1v) is 6.68. The van der Waals surface area contributed by atoms with Crippen LogP contribution in [0.15, 0.2) is 23.3 Å². The van der Waals surface area contributed by atoms with Crippen LogP contribution in [0.4, 0.5) is 0 Å². The normalized spacial score (nSPS) is 23.9. The first kappa shape index (κ1) is 11.8. The van der Waals surface area contributed by atoms with Gasteiger partial charge < -0.3 is 9.84 Å². The van der Waals surface area contributed by atoms with Crippen molar-refractivity contribution in [2.75, 3.05) is 12.4 Å². The quantitative estimate of drug-likeness (QED) is 0.852. The van der Waals surface area contributed by atoms with Gasteiger partial charge in [0, 0.05) is 18.1 Å². The van der Waals surface area contributed by atoms with Crippen LogP contribution in [0.1, 0.15) is 11.9 Å². The molecule has 0 bridgehead atoms. The van der Waals surface area contributed by atoms with Gasteiger partial charge >= 0.3 is 5.69 Å². The zero-order valence-corrected chi connectivity index (χ0v) is 10.6. The summed E-state index contributed by atoms with van der Waals surface area (Å²) in [6.45, 7) is 1.81. The third-order valence-corrected chi connectivity index (χ3v) is 3.97. The van der Waals surface area contributed by atoms with Crippen molar-refractivity contribution >= 4 is 17.4 Å². The Hall–Kier alpha value is -1.31. The molecule has 1 aliphatic rings. The molecule has 2 aromatic heterocycles. The lowest BCUT2D eigenvalue weighted by Gasteiger charge is -2.13. The minimum Gasteiger partial charge on any atom is -0.393 e. The summed E-state index contributed by atoms with van der Waals surface area (Å²) in [6.07, 6.45) is 3.07. The fraction of sp³-hybridized carbons (Fsp3) is 0.455.